The minimum atomic E-state index is -0.514. The highest BCUT2D eigenvalue weighted by Crippen LogP contribution is 2.37. The van der Waals surface area contributed by atoms with Crippen molar-refractivity contribution in [1.29, 1.82) is 0 Å². The number of nitro groups is 1. The molecule has 0 amide bonds. The molecule has 100 valence electrons. The van der Waals surface area contributed by atoms with Gasteiger partial charge in [0, 0.05) is 7.05 Å². The summed E-state index contributed by atoms with van der Waals surface area (Å²) in [5, 5.41) is 17.7. The molecule has 0 bridgehead atoms. The Morgan fingerprint density at radius 3 is 2.84 bits per heavy atom. The third-order valence-electron chi connectivity index (χ3n) is 2.32. The molecule has 0 atom stereocenters. The third-order valence-corrected chi connectivity index (χ3v) is 2.61. The van der Waals surface area contributed by atoms with E-state index in [4.69, 9.17) is 21.7 Å². The zero-order chi connectivity index (χ0) is 13.8. The Bertz CT molecular complexity index is 561. The van der Waals surface area contributed by atoms with Crippen molar-refractivity contribution >= 4 is 29.2 Å². The number of nitrogens with zero attached hydrogens (tertiary/aromatic N) is 2. The van der Waals surface area contributed by atoms with Gasteiger partial charge in [-0.15, -0.1) is 0 Å². The monoisotopic (exact) mass is 282 g/mol. The summed E-state index contributed by atoms with van der Waals surface area (Å²) >= 11 is 4.82. The number of hydrazone groups is 1. The summed E-state index contributed by atoms with van der Waals surface area (Å²) in [5.74, 6) is 0.797. The molecular weight excluding hydrogens is 272 g/mol. The number of benzene rings is 1. The van der Waals surface area contributed by atoms with E-state index in [1.807, 2.05) is 0 Å². The summed E-state index contributed by atoms with van der Waals surface area (Å²) in [6.07, 6.45) is 1.30. The van der Waals surface area contributed by atoms with Gasteiger partial charge in [0.25, 0.3) is 5.69 Å². The van der Waals surface area contributed by atoms with E-state index >= 15 is 0 Å². The SMILES string of the molecule is CNC(=S)N/N=C\c1cc2c(cc1[N+](=O)[O-])OCO2. The number of rotatable bonds is 3. The van der Waals surface area contributed by atoms with E-state index in [1.165, 1.54) is 18.3 Å². The van der Waals surface area contributed by atoms with E-state index in [2.05, 4.69) is 15.8 Å². The Morgan fingerprint density at radius 1 is 1.53 bits per heavy atom. The van der Waals surface area contributed by atoms with E-state index in [0.29, 0.717) is 22.2 Å². The summed E-state index contributed by atoms with van der Waals surface area (Å²) < 4.78 is 10.2. The molecule has 1 aromatic carbocycles. The second kappa shape index (κ2) is 5.48. The molecule has 19 heavy (non-hydrogen) atoms. The lowest BCUT2D eigenvalue weighted by Crippen LogP contribution is -2.28. The van der Waals surface area contributed by atoms with E-state index in [9.17, 15) is 10.1 Å². The van der Waals surface area contributed by atoms with Crippen LogP contribution in [0.4, 0.5) is 5.69 Å². The highest BCUT2D eigenvalue weighted by Gasteiger charge is 2.22. The van der Waals surface area contributed by atoms with Gasteiger partial charge in [-0.2, -0.15) is 5.10 Å². The predicted molar refractivity (Wildman–Crippen MR) is 71.6 cm³/mol. The summed E-state index contributed by atoms with van der Waals surface area (Å²) in [6, 6.07) is 2.80. The summed E-state index contributed by atoms with van der Waals surface area (Å²) in [7, 11) is 1.63. The van der Waals surface area contributed by atoms with Gasteiger partial charge in [0.15, 0.2) is 16.6 Å². The molecule has 1 aromatic rings. The molecule has 8 nitrogen and oxygen atoms in total. The fraction of sp³-hybridized carbons (Fsp3) is 0.200. The van der Waals surface area contributed by atoms with Gasteiger partial charge < -0.3 is 14.8 Å². The Balaban J connectivity index is 2.28. The van der Waals surface area contributed by atoms with Gasteiger partial charge in [0.05, 0.1) is 22.8 Å². The average molecular weight is 282 g/mol. The summed E-state index contributed by atoms with van der Waals surface area (Å²) in [6.45, 7) is 0.0508. The maximum atomic E-state index is 11.0. The first kappa shape index (κ1) is 13.0. The Hall–Kier alpha value is -2.42. The Morgan fingerprint density at radius 2 is 2.21 bits per heavy atom. The van der Waals surface area contributed by atoms with Crippen LogP contribution in [0.3, 0.4) is 0 Å². The van der Waals surface area contributed by atoms with Crippen molar-refractivity contribution in [2.75, 3.05) is 13.8 Å². The smallest absolute Gasteiger partial charge is 0.282 e. The number of nitrogens with one attached hydrogen (secondary N) is 2. The van der Waals surface area contributed by atoms with Crippen molar-refractivity contribution in [3.8, 4) is 11.5 Å². The minimum absolute atomic E-state index is 0.0508. The van der Waals surface area contributed by atoms with E-state index < -0.39 is 4.92 Å². The van der Waals surface area contributed by atoms with Crippen LogP contribution in [0.5, 0.6) is 11.5 Å². The number of ether oxygens (including phenoxy) is 2. The van der Waals surface area contributed by atoms with Crippen LogP contribution < -0.4 is 20.2 Å². The second-order valence-corrected chi connectivity index (χ2v) is 3.88. The lowest BCUT2D eigenvalue weighted by Gasteiger charge is -2.02. The van der Waals surface area contributed by atoms with Crippen molar-refractivity contribution in [1.82, 2.24) is 10.7 Å². The highest BCUT2D eigenvalue weighted by atomic mass is 32.1. The van der Waals surface area contributed by atoms with Crippen molar-refractivity contribution in [3.63, 3.8) is 0 Å². The molecule has 0 aliphatic carbocycles. The lowest BCUT2D eigenvalue weighted by molar-refractivity contribution is -0.385. The average Bonchev–Trinajstić information content (AvgIpc) is 2.84. The van der Waals surface area contributed by atoms with Gasteiger partial charge in [0.1, 0.15) is 0 Å². The Labute approximate surface area is 113 Å². The first-order chi connectivity index (χ1) is 9.11. The number of fused-ring (bicyclic) bond motifs is 1. The molecule has 0 aromatic heterocycles. The summed E-state index contributed by atoms with van der Waals surface area (Å²) in [4.78, 5) is 10.4. The third kappa shape index (κ3) is 2.88. The van der Waals surface area contributed by atoms with Crippen molar-refractivity contribution in [2.24, 2.45) is 5.10 Å². The molecule has 2 rings (SSSR count). The number of thiocarbonyl (C=S) groups is 1. The van der Waals surface area contributed by atoms with Crippen LogP contribution in [0.15, 0.2) is 17.2 Å². The van der Waals surface area contributed by atoms with E-state index in [0.717, 1.165) is 0 Å². The van der Waals surface area contributed by atoms with Gasteiger partial charge in [-0.1, -0.05) is 0 Å². The van der Waals surface area contributed by atoms with Crippen LogP contribution in [-0.4, -0.2) is 30.1 Å². The number of nitro benzene ring substituents is 1. The zero-order valence-corrected chi connectivity index (χ0v) is 10.7. The van der Waals surface area contributed by atoms with E-state index in [-0.39, 0.29) is 12.5 Å². The first-order valence-electron chi connectivity index (χ1n) is 5.20. The van der Waals surface area contributed by atoms with Crippen LogP contribution in [0.25, 0.3) is 0 Å². The van der Waals surface area contributed by atoms with Gasteiger partial charge >= 0.3 is 0 Å². The molecule has 0 fully saturated rings. The number of hydrogen-bond donors (Lipinski definition) is 2. The van der Waals surface area contributed by atoms with Crippen molar-refractivity contribution in [2.45, 2.75) is 0 Å². The fourth-order valence-corrected chi connectivity index (χ4v) is 1.48. The lowest BCUT2D eigenvalue weighted by atomic mass is 10.1. The molecule has 0 radical (unpaired) electrons. The van der Waals surface area contributed by atoms with Crippen molar-refractivity contribution in [3.05, 3.63) is 27.8 Å². The Kier molecular flexibility index (Phi) is 3.76. The maximum absolute atomic E-state index is 11.0. The quantitative estimate of drug-likeness (QED) is 0.365. The molecule has 0 saturated carbocycles. The molecule has 1 aliphatic rings. The van der Waals surface area contributed by atoms with Crippen LogP contribution in [0.2, 0.25) is 0 Å². The predicted octanol–water partition coefficient (Wildman–Crippen LogP) is 0.751. The van der Waals surface area contributed by atoms with Gasteiger partial charge in [0.2, 0.25) is 6.79 Å². The van der Waals surface area contributed by atoms with Crippen LogP contribution in [0, 0.1) is 10.1 Å². The van der Waals surface area contributed by atoms with Crippen molar-refractivity contribution < 1.29 is 14.4 Å². The molecule has 2 N–H and O–H groups in total. The molecule has 0 unspecified atom stereocenters. The van der Waals surface area contributed by atoms with Gasteiger partial charge in [-0.05, 0) is 18.3 Å². The second-order valence-electron chi connectivity index (χ2n) is 3.47. The molecule has 9 heteroatoms. The largest absolute Gasteiger partial charge is 0.454 e. The molecule has 0 saturated heterocycles. The maximum Gasteiger partial charge on any atom is 0.282 e. The van der Waals surface area contributed by atoms with Gasteiger partial charge in [-0.25, -0.2) is 0 Å². The molecule has 0 spiro atoms. The molecular formula is C10H10N4O4S. The normalized spacial score (nSPS) is 12.5. The molecule has 1 aliphatic heterocycles. The summed E-state index contributed by atoms with van der Waals surface area (Å²) in [5.41, 5.74) is 2.68. The van der Waals surface area contributed by atoms with Crippen LogP contribution in [0.1, 0.15) is 5.56 Å². The van der Waals surface area contributed by atoms with Gasteiger partial charge in [-0.3, -0.25) is 15.5 Å². The molecule has 1 heterocycles. The number of hydrogen-bond acceptors (Lipinski definition) is 6. The minimum Gasteiger partial charge on any atom is -0.454 e. The highest BCUT2D eigenvalue weighted by molar-refractivity contribution is 7.80. The standard InChI is InChI=1S/C10H10N4O4S/c1-11-10(19)13-12-4-6-2-8-9(18-5-17-8)3-7(6)14(15)16/h2-4H,5H2,1H3,(H2,11,13,19)/b12-4-. The zero-order valence-electron chi connectivity index (χ0n) is 9.87. The van der Waals surface area contributed by atoms with Crippen LogP contribution in [-0.2, 0) is 0 Å². The van der Waals surface area contributed by atoms with E-state index in [1.54, 1.807) is 7.05 Å². The first-order valence-corrected chi connectivity index (χ1v) is 5.61. The fourth-order valence-electron chi connectivity index (χ4n) is 1.42. The van der Waals surface area contributed by atoms with Crippen LogP contribution >= 0.6 is 12.2 Å². The topological polar surface area (TPSA) is 98.0 Å².